The first-order chi connectivity index (χ1) is 7.25. The van der Waals surface area contributed by atoms with Crippen molar-refractivity contribution >= 4 is 36.5 Å². The van der Waals surface area contributed by atoms with Gasteiger partial charge >= 0.3 is 0 Å². The van der Waals surface area contributed by atoms with Crippen molar-refractivity contribution in [3.8, 4) is 0 Å². The van der Waals surface area contributed by atoms with Gasteiger partial charge < -0.3 is 16.8 Å². The predicted molar refractivity (Wildman–Crippen MR) is 71.6 cm³/mol. The fourth-order valence-electron chi connectivity index (χ4n) is 1.08. The molecule has 1 amide bonds. The van der Waals surface area contributed by atoms with Gasteiger partial charge in [-0.05, 0) is 19.4 Å². The Morgan fingerprint density at radius 1 is 1.24 bits per heavy atom. The van der Waals surface area contributed by atoms with Gasteiger partial charge in [0.1, 0.15) is 0 Å². The number of carbonyl (C=O) groups excluding carboxylic acids is 1. The summed E-state index contributed by atoms with van der Waals surface area (Å²) >= 11 is 0. The number of hydrogen-bond donors (Lipinski definition) is 3. The van der Waals surface area contributed by atoms with Crippen LogP contribution in [-0.4, -0.2) is 29.0 Å². The summed E-state index contributed by atoms with van der Waals surface area (Å²) in [5.74, 6) is -0.147. The number of hydrogen-bond acceptors (Lipinski definition) is 5. The Kier molecular flexibility index (Phi) is 10.8. The summed E-state index contributed by atoms with van der Waals surface area (Å²) in [5, 5.41) is 2.70. The molecule has 6 nitrogen and oxygen atoms in total. The SMILES string of the molecule is Cl.Cl.NCCCCNC(=O)c1nccnc1N. The standard InChI is InChI=1S/C9H15N5O.2ClH/c10-3-1-2-4-14-9(15)7-8(11)13-6-5-12-7;;/h5-6H,1-4,10H2,(H2,11,13)(H,14,15);2*1H. The minimum atomic E-state index is -0.294. The monoisotopic (exact) mass is 281 g/mol. The highest BCUT2D eigenvalue weighted by Gasteiger charge is 2.10. The molecule has 0 aliphatic heterocycles. The van der Waals surface area contributed by atoms with Gasteiger partial charge in [0.15, 0.2) is 11.5 Å². The molecule has 0 atom stereocenters. The third-order valence-electron chi connectivity index (χ3n) is 1.86. The lowest BCUT2D eigenvalue weighted by Crippen LogP contribution is -2.27. The molecule has 0 aliphatic carbocycles. The van der Waals surface area contributed by atoms with Crippen LogP contribution in [0, 0.1) is 0 Å². The van der Waals surface area contributed by atoms with Gasteiger partial charge in [0.2, 0.25) is 0 Å². The minimum Gasteiger partial charge on any atom is -0.382 e. The zero-order valence-corrected chi connectivity index (χ0v) is 10.9. The number of nitrogens with one attached hydrogen (secondary N) is 1. The molecule has 0 fully saturated rings. The summed E-state index contributed by atoms with van der Waals surface area (Å²) in [6.45, 7) is 1.20. The number of carbonyl (C=O) groups is 1. The minimum absolute atomic E-state index is 0. The summed E-state index contributed by atoms with van der Waals surface area (Å²) in [6.07, 6.45) is 4.62. The van der Waals surface area contributed by atoms with E-state index >= 15 is 0 Å². The van der Waals surface area contributed by atoms with Crippen LogP contribution >= 0.6 is 24.8 Å². The number of nitrogens with two attached hydrogens (primary N) is 2. The maximum Gasteiger partial charge on any atom is 0.273 e. The lowest BCUT2D eigenvalue weighted by molar-refractivity contribution is 0.0948. The second-order valence-corrected chi connectivity index (χ2v) is 3.04. The summed E-state index contributed by atoms with van der Waals surface area (Å²) in [4.78, 5) is 19.1. The molecule has 0 saturated heterocycles. The molecule has 0 saturated carbocycles. The highest BCUT2D eigenvalue weighted by Crippen LogP contribution is 2.01. The van der Waals surface area contributed by atoms with Gasteiger partial charge in [-0.15, -0.1) is 24.8 Å². The van der Waals surface area contributed by atoms with Gasteiger partial charge in [-0.1, -0.05) is 0 Å². The van der Waals surface area contributed by atoms with E-state index in [1.807, 2.05) is 0 Å². The highest BCUT2D eigenvalue weighted by molar-refractivity contribution is 5.96. The Morgan fingerprint density at radius 3 is 2.47 bits per heavy atom. The predicted octanol–water partition coefficient (Wildman–Crippen LogP) is 0.371. The van der Waals surface area contributed by atoms with Crippen LogP contribution in [0.3, 0.4) is 0 Å². The van der Waals surface area contributed by atoms with E-state index in [4.69, 9.17) is 11.5 Å². The van der Waals surface area contributed by atoms with Crippen molar-refractivity contribution < 1.29 is 4.79 Å². The molecule has 0 spiro atoms. The number of nitrogens with zero attached hydrogens (tertiary/aromatic N) is 2. The molecule has 0 aliphatic rings. The first-order valence-corrected chi connectivity index (χ1v) is 4.80. The van der Waals surface area contributed by atoms with Crippen LogP contribution in [0.4, 0.5) is 5.82 Å². The van der Waals surface area contributed by atoms with Crippen molar-refractivity contribution in [3.05, 3.63) is 18.1 Å². The number of halogens is 2. The van der Waals surface area contributed by atoms with E-state index in [1.54, 1.807) is 0 Å². The van der Waals surface area contributed by atoms with Crippen LogP contribution in [-0.2, 0) is 0 Å². The van der Waals surface area contributed by atoms with E-state index in [0.717, 1.165) is 12.8 Å². The van der Waals surface area contributed by atoms with Crippen LogP contribution in [0.1, 0.15) is 23.3 Å². The Morgan fingerprint density at radius 2 is 1.88 bits per heavy atom. The maximum absolute atomic E-state index is 11.5. The molecule has 0 aromatic carbocycles. The molecule has 0 radical (unpaired) electrons. The second-order valence-electron chi connectivity index (χ2n) is 3.04. The first-order valence-electron chi connectivity index (χ1n) is 4.80. The zero-order chi connectivity index (χ0) is 11.1. The second kappa shape index (κ2) is 10.1. The lowest BCUT2D eigenvalue weighted by Gasteiger charge is -2.04. The third kappa shape index (κ3) is 6.25. The van der Waals surface area contributed by atoms with Gasteiger partial charge in [-0.25, -0.2) is 9.97 Å². The van der Waals surface area contributed by atoms with Crippen molar-refractivity contribution in [2.24, 2.45) is 5.73 Å². The van der Waals surface area contributed by atoms with Crippen molar-refractivity contribution in [2.75, 3.05) is 18.8 Å². The molecule has 1 rings (SSSR count). The number of unbranched alkanes of at least 4 members (excludes halogenated alkanes) is 1. The van der Waals surface area contributed by atoms with E-state index in [2.05, 4.69) is 15.3 Å². The van der Waals surface area contributed by atoms with Crippen molar-refractivity contribution in [2.45, 2.75) is 12.8 Å². The van der Waals surface area contributed by atoms with E-state index < -0.39 is 0 Å². The third-order valence-corrected chi connectivity index (χ3v) is 1.86. The topological polar surface area (TPSA) is 107 Å². The Hall–Kier alpha value is -1.11. The van der Waals surface area contributed by atoms with E-state index in [1.165, 1.54) is 12.4 Å². The van der Waals surface area contributed by atoms with E-state index in [-0.39, 0.29) is 42.2 Å². The lowest BCUT2D eigenvalue weighted by atomic mass is 10.3. The summed E-state index contributed by atoms with van der Waals surface area (Å²) in [6, 6.07) is 0. The number of anilines is 1. The van der Waals surface area contributed by atoms with Gasteiger partial charge in [0, 0.05) is 18.9 Å². The fraction of sp³-hybridized carbons (Fsp3) is 0.444. The summed E-state index contributed by atoms with van der Waals surface area (Å²) in [7, 11) is 0. The molecule has 98 valence electrons. The average Bonchev–Trinajstić information content (AvgIpc) is 2.25. The van der Waals surface area contributed by atoms with Gasteiger partial charge in [0.05, 0.1) is 0 Å². The highest BCUT2D eigenvalue weighted by atomic mass is 35.5. The number of aromatic nitrogens is 2. The molecular weight excluding hydrogens is 265 g/mol. The Balaban J connectivity index is 0. The van der Waals surface area contributed by atoms with Crippen LogP contribution < -0.4 is 16.8 Å². The summed E-state index contributed by atoms with van der Waals surface area (Å²) < 4.78 is 0. The molecule has 17 heavy (non-hydrogen) atoms. The van der Waals surface area contributed by atoms with Gasteiger partial charge in [0.25, 0.3) is 5.91 Å². The largest absolute Gasteiger partial charge is 0.382 e. The number of amides is 1. The molecule has 1 aromatic heterocycles. The van der Waals surface area contributed by atoms with Gasteiger partial charge in [-0.3, -0.25) is 4.79 Å². The molecule has 1 heterocycles. The molecular formula is C9H17Cl2N5O. The van der Waals surface area contributed by atoms with Crippen LogP contribution in [0.2, 0.25) is 0 Å². The molecule has 1 aromatic rings. The number of nitrogen functional groups attached to an aromatic ring is 1. The number of rotatable bonds is 5. The fourth-order valence-corrected chi connectivity index (χ4v) is 1.08. The normalized spacial score (nSPS) is 8.76. The van der Waals surface area contributed by atoms with Crippen LogP contribution in [0.25, 0.3) is 0 Å². The Bertz CT molecular complexity index is 337. The average molecular weight is 282 g/mol. The Labute approximate surface area is 112 Å². The van der Waals surface area contributed by atoms with E-state index in [9.17, 15) is 4.79 Å². The quantitative estimate of drug-likeness (QED) is 0.676. The van der Waals surface area contributed by atoms with Crippen LogP contribution in [0.5, 0.6) is 0 Å². The van der Waals surface area contributed by atoms with Crippen LogP contribution in [0.15, 0.2) is 12.4 Å². The van der Waals surface area contributed by atoms with Crippen molar-refractivity contribution in [3.63, 3.8) is 0 Å². The van der Waals surface area contributed by atoms with Crippen molar-refractivity contribution in [1.29, 1.82) is 0 Å². The van der Waals surface area contributed by atoms with Gasteiger partial charge in [-0.2, -0.15) is 0 Å². The summed E-state index contributed by atoms with van der Waals surface area (Å²) in [5.41, 5.74) is 11.0. The molecule has 0 bridgehead atoms. The van der Waals surface area contributed by atoms with Crippen molar-refractivity contribution in [1.82, 2.24) is 15.3 Å². The zero-order valence-electron chi connectivity index (χ0n) is 9.26. The molecule has 8 heteroatoms. The smallest absolute Gasteiger partial charge is 0.273 e. The molecule has 0 unspecified atom stereocenters. The maximum atomic E-state index is 11.5. The first kappa shape index (κ1) is 18.3. The van der Waals surface area contributed by atoms with E-state index in [0.29, 0.717) is 13.1 Å². The molecule has 5 N–H and O–H groups in total.